The highest BCUT2D eigenvalue weighted by Gasteiger charge is 2.38. The lowest BCUT2D eigenvalue weighted by Gasteiger charge is -2.28. The molecule has 19 N–H and O–H groups in total. The van der Waals surface area contributed by atoms with Crippen molar-refractivity contribution in [2.45, 2.75) is 175 Å². The van der Waals surface area contributed by atoms with Crippen LogP contribution in [-0.4, -0.2) is 156 Å². The molecule has 6 amide bonds. The van der Waals surface area contributed by atoms with E-state index in [9.17, 15) is 68.1 Å². The average Bonchev–Trinajstić information content (AvgIpc) is 1.39. The fourth-order valence-corrected chi connectivity index (χ4v) is 10.5. The van der Waals surface area contributed by atoms with Crippen LogP contribution in [0.4, 0.5) is 0 Å². The first-order chi connectivity index (χ1) is 42.6. The maximum Gasteiger partial charge on any atom is 0.226 e. The summed E-state index contributed by atoms with van der Waals surface area (Å²) in [5.41, 5.74) is 29.4. The summed E-state index contributed by atoms with van der Waals surface area (Å²) in [5.74, 6) is -15.1. The zero-order valence-corrected chi connectivity index (χ0v) is 52.6. The fourth-order valence-electron chi connectivity index (χ4n) is 10.5. The van der Waals surface area contributed by atoms with Crippen LogP contribution in [0, 0.1) is 47.3 Å². The van der Waals surface area contributed by atoms with Crippen LogP contribution in [0.1, 0.15) is 142 Å². The Hall–Kier alpha value is -8.24. The van der Waals surface area contributed by atoms with E-state index in [1.54, 1.807) is 20.8 Å². The van der Waals surface area contributed by atoms with E-state index in [-0.39, 0.29) is 74.9 Å². The molecule has 3 aromatic rings. The third-order valence-electron chi connectivity index (χ3n) is 16.0. The van der Waals surface area contributed by atoms with Gasteiger partial charge in [0.25, 0.3) is 0 Å². The third kappa shape index (κ3) is 26.8. The lowest BCUT2D eigenvalue weighted by Crippen LogP contribution is -2.52. The summed E-state index contributed by atoms with van der Waals surface area (Å²) in [4.78, 5) is 170. The Morgan fingerprint density at radius 3 is 1.64 bits per heavy atom. The number of primary amides is 2. The van der Waals surface area contributed by atoms with Crippen molar-refractivity contribution in [1.82, 2.24) is 41.2 Å². The number of nitrogens with zero attached hydrogens (tertiary/aromatic N) is 3. The van der Waals surface area contributed by atoms with Crippen LogP contribution in [0.25, 0.3) is 0 Å². The van der Waals surface area contributed by atoms with Gasteiger partial charge in [-0.1, -0.05) is 59.6 Å². The van der Waals surface area contributed by atoms with Crippen LogP contribution in [0.15, 0.2) is 54.3 Å². The minimum absolute atomic E-state index is 0.0226. The zero-order valence-electron chi connectivity index (χ0n) is 52.6. The molecule has 1 aromatic carbocycles. The summed E-state index contributed by atoms with van der Waals surface area (Å²) in [6.45, 7) is 9.82. The van der Waals surface area contributed by atoms with Crippen LogP contribution in [0.2, 0.25) is 0 Å². The molecule has 0 radical (unpaired) electrons. The van der Waals surface area contributed by atoms with Crippen LogP contribution in [0.5, 0.6) is 5.75 Å². The molecule has 0 saturated heterocycles. The number of nitrogens with one attached hydrogen (secondary N) is 6. The van der Waals surface area contributed by atoms with Crippen LogP contribution >= 0.6 is 0 Å². The molecule has 28 nitrogen and oxygen atoms in total. The number of unbranched alkanes of at least 4 members (excludes halogenated alkanes) is 1. The number of H-pyrrole nitrogens is 2. The van der Waals surface area contributed by atoms with Crippen molar-refractivity contribution in [3.63, 3.8) is 0 Å². The largest absolute Gasteiger partial charge is 0.508 e. The van der Waals surface area contributed by atoms with Crippen molar-refractivity contribution < 1.29 is 68.1 Å². The number of phenolic OH excluding ortho intramolecular Hbond substituents is 1. The number of aliphatic hydroxyl groups is 2. The van der Waals surface area contributed by atoms with Gasteiger partial charge in [-0.05, 0) is 81.5 Å². The normalized spacial score (nSPS) is 15.4. The van der Waals surface area contributed by atoms with Gasteiger partial charge in [0.15, 0.2) is 29.1 Å². The Balaban J connectivity index is 1.87. The Bertz CT molecular complexity index is 2840. The van der Waals surface area contributed by atoms with Gasteiger partial charge < -0.3 is 75.2 Å². The summed E-state index contributed by atoms with van der Waals surface area (Å²) in [7, 11) is 0. The number of aliphatic imine (C=N–C) groups is 1. The molecule has 28 heteroatoms. The fraction of sp³-hybridized carbons (Fsp3) is 0.613. The van der Waals surface area contributed by atoms with E-state index in [1.165, 1.54) is 56.2 Å². The number of phenols is 1. The topological polar surface area (TPSA) is 496 Å². The van der Waals surface area contributed by atoms with Gasteiger partial charge in [0, 0.05) is 98.9 Å². The van der Waals surface area contributed by atoms with Gasteiger partial charge in [-0.25, -0.2) is 9.97 Å². The van der Waals surface area contributed by atoms with Gasteiger partial charge in [0.1, 0.15) is 17.6 Å². The Morgan fingerprint density at radius 1 is 0.578 bits per heavy atom. The molecule has 90 heavy (non-hydrogen) atoms. The van der Waals surface area contributed by atoms with Gasteiger partial charge in [0.05, 0.1) is 61.7 Å². The number of nitrogens with two attached hydrogens (primary N) is 5. The standard InChI is InChI=1S/C62H96N14O14/c1-7-35(4)55(52(83)23-40(57(65)86)21-44-29-68-32-71-44)75-60(89)42(20-38-13-15-46(79)16-14-38)25-50(81)48(28-54(64)85)74-58(87)39(12-8-9-17-63)22-53(84)56(37(6)78)76-61(90)43(31-77)26-51(82)47(27-45-30-69-33-72-45)73-59(88)41(19-34(2)3)24-49(80)36(5)11-10-18-70-62(66)67/h13-16,29-30,32-37,39-43,47-48,55-56,77-79H,7-12,17-28,31,63H2,1-6H3,(H2,64,85)(H2,65,86)(H,68,71)(H,69,72)(H,73,88)(H,74,87)(H,75,89)(H,76,90)(H4,66,67,70)/t35-,36-,37+,39+,40+,41+,42+,43-,47-,48-,55-,56-/m0/s1. The average molecular weight is 1260 g/mol. The van der Waals surface area contributed by atoms with E-state index in [2.05, 4.69) is 46.2 Å². The monoisotopic (exact) mass is 1260 g/mol. The number of Topliss-reactive ketones (excluding diaryl/α,β-unsaturated/α-hetero) is 5. The molecule has 0 spiro atoms. The van der Waals surface area contributed by atoms with Crippen LogP contribution in [-0.2, 0) is 72.0 Å². The van der Waals surface area contributed by atoms with Crippen molar-refractivity contribution >= 4 is 70.3 Å². The van der Waals surface area contributed by atoms with E-state index in [1.807, 2.05) is 13.8 Å². The lowest BCUT2D eigenvalue weighted by atomic mass is 9.86. The van der Waals surface area contributed by atoms with Gasteiger partial charge in [0.2, 0.25) is 35.4 Å². The molecule has 0 aliphatic carbocycles. The summed E-state index contributed by atoms with van der Waals surface area (Å²) < 4.78 is 0. The first-order valence-electron chi connectivity index (χ1n) is 30.8. The third-order valence-corrected chi connectivity index (χ3v) is 16.0. The van der Waals surface area contributed by atoms with E-state index in [4.69, 9.17) is 28.7 Å². The number of aliphatic hydroxyl groups excluding tert-OH is 2. The molecule has 12 atom stereocenters. The summed E-state index contributed by atoms with van der Waals surface area (Å²) >= 11 is 0. The van der Waals surface area contributed by atoms with Crippen molar-refractivity contribution in [3.05, 3.63) is 66.3 Å². The molecular formula is C62H96N14O14. The van der Waals surface area contributed by atoms with E-state index < -0.39 is 163 Å². The molecule has 0 fully saturated rings. The molecular weight excluding hydrogens is 1160 g/mol. The number of hydrogen-bond acceptors (Lipinski definition) is 18. The summed E-state index contributed by atoms with van der Waals surface area (Å²) in [6, 6.07) is -0.0459. The number of rotatable bonds is 46. The summed E-state index contributed by atoms with van der Waals surface area (Å²) in [5, 5.41) is 42.1. The molecule has 2 heterocycles. The first kappa shape index (κ1) is 76.0. The number of carbonyl (C=O) groups excluding carboxylic acids is 11. The molecule has 0 aliphatic rings. The number of aromatic hydroxyl groups is 1. The number of hydrogen-bond donors (Lipinski definition) is 14. The second-order valence-corrected chi connectivity index (χ2v) is 24.0. The number of aromatic nitrogens is 4. The number of ketones is 5. The highest BCUT2D eigenvalue weighted by Crippen LogP contribution is 2.25. The van der Waals surface area contributed by atoms with Crippen LogP contribution in [0.3, 0.4) is 0 Å². The highest BCUT2D eigenvalue weighted by atomic mass is 16.3. The SMILES string of the molecule is CC[C@H](C)[C@H](NC(=O)[C@@H](CC(=O)[C@H](CC(N)=O)NC(=O)[C@H](CCCCN)CC(=O)[C@@H](NC(=O)[C@H](CO)CC(=O)[C@H](Cc1cnc[nH]1)NC(=O)[C@@H](CC(=O)[C@@H](C)CCCN=C(N)N)CC(C)C)[C@@H](C)O)Cc1ccc(O)cc1)C(=O)C[C@@H](Cc1cnc[nH]1)C(N)=O. The Morgan fingerprint density at radius 2 is 1.10 bits per heavy atom. The minimum atomic E-state index is -1.72. The molecule has 0 unspecified atom stereocenters. The summed E-state index contributed by atoms with van der Waals surface area (Å²) in [6.07, 6.45) is 3.09. The molecule has 0 saturated carbocycles. The van der Waals surface area contributed by atoms with E-state index in [0.29, 0.717) is 55.6 Å². The quantitative estimate of drug-likeness (QED) is 0.0206. The van der Waals surface area contributed by atoms with Crippen molar-refractivity contribution in [2.24, 2.45) is 81.0 Å². The minimum Gasteiger partial charge on any atom is -0.508 e. The lowest BCUT2D eigenvalue weighted by molar-refractivity contribution is -0.138. The highest BCUT2D eigenvalue weighted by molar-refractivity contribution is 5.99. The molecule has 2 aromatic heterocycles. The Kier molecular flexibility index (Phi) is 32.9. The van der Waals surface area contributed by atoms with Crippen molar-refractivity contribution in [1.29, 1.82) is 0 Å². The zero-order chi connectivity index (χ0) is 67.2. The number of guanidine groups is 1. The molecule has 498 valence electrons. The maximum atomic E-state index is 14.5. The van der Waals surface area contributed by atoms with Crippen LogP contribution < -0.4 is 49.9 Å². The van der Waals surface area contributed by atoms with Gasteiger partial charge in [-0.3, -0.25) is 57.7 Å². The maximum absolute atomic E-state index is 14.5. The molecule has 0 aliphatic heterocycles. The van der Waals surface area contributed by atoms with E-state index in [0.717, 1.165) is 0 Å². The van der Waals surface area contributed by atoms with Crippen molar-refractivity contribution in [3.8, 4) is 5.75 Å². The predicted octanol–water partition coefficient (Wildman–Crippen LogP) is 0.327. The smallest absolute Gasteiger partial charge is 0.226 e. The number of imidazole rings is 2. The number of aromatic amines is 2. The Labute approximate surface area is 525 Å². The second-order valence-electron chi connectivity index (χ2n) is 24.0. The second kappa shape index (κ2) is 39.0. The molecule has 3 rings (SSSR count). The van der Waals surface area contributed by atoms with Gasteiger partial charge in [-0.2, -0.15) is 0 Å². The van der Waals surface area contributed by atoms with Gasteiger partial charge >= 0.3 is 0 Å². The van der Waals surface area contributed by atoms with E-state index >= 15 is 0 Å². The number of benzene rings is 1. The molecule has 0 bridgehead atoms. The van der Waals surface area contributed by atoms with Gasteiger partial charge in [-0.15, -0.1) is 0 Å². The predicted molar refractivity (Wildman–Crippen MR) is 332 cm³/mol. The number of carbonyl (C=O) groups is 11. The first-order valence-corrected chi connectivity index (χ1v) is 30.8. The number of amides is 6. The van der Waals surface area contributed by atoms with Crippen molar-refractivity contribution in [2.75, 3.05) is 19.7 Å².